The molecule has 0 saturated carbocycles. The Morgan fingerprint density at radius 2 is 1.50 bits per heavy atom. The van der Waals surface area contributed by atoms with Crippen molar-refractivity contribution >= 4 is 0 Å². The van der Waals surface area contributed by atoms with Gasteiger partial charge in [-0.1, -0.05) is 0 Å². The van der Waals surface area contributed by atoms with Gasteiger partial charge in [0.1, 0.15) is 0 Å². The Labute approximate surface area is 62.3 Å². The van der Waals surface area contributed by atoms with Crippen LogP contribution in [0, 0.1) is 0 Å². The monoisotopic (exact) mass is 148 g/mol. The molecule has 4 heteroatoms. The molecule has 0 unspecified atom stereocenters. The van der Waals surface area contributed by atoms with E-state index in [1.54, 1.807) is 0 Å². The summed E-state index contributed by atoms with van der Waals surface area (Å²) in [5.41, 5.74) is 13.0. The zero-order valence-electron chi connectivity index (χ0n) is 6.68. The number of nitrogens with two attached hydrogens (primary N) is 1. The molecule has 0 aliphatic rings. The van der Waals surface area contributed by atoms with Gasteiger partial charge in [0.05, 0.1) is 13.1 Å². The van der Waals surface area contributed by atoms with Crippen molar-refractivity contribution in [1.82, 2.24) is 4.90 Å². The van der Waals surface area contributed by atoms with Gasteiger partial charge in [-0.3, -0.25) is 4.90 Å². The Bertz CT molecular complexity index is 52.5. The van der Waals surface area contributed by atoms with Gasteiger partial charge in [-0.25, -0.2) is 0 Å². The first kappa shape index (κ1) is 9.84. The third-order valence-corrected chi connectivity index (χ3v) is 1.39. The third-order valence-electron chi connectivity index (χ3n) is 1.39. The standard InChI is InChI=1S/C6H18N4/c7-1-4-10(5-2-8)6-3-9/h1-9H2/p+2. The lowest BCUT2D eigenvalue weighted by atomic mass is 10.4. The molecular formula is C6H20N4+2. The lowest BCUT2D eigenvalue weighted by molar-refractivity contribution is -0.377. The number of rotatable bonds is 6. The predicted octanol–water partition coefficient (Wildman–Crippen LogP) is -3.27. The van der Waals surface area contributed by atoms with E-state index in [4.69, 9.17) is 5.73 Å². The Morgan fingerprint density at radius 3 is 1.80 bits per heavy atom. The number of nitrogens with zero attached hydrogens (tertiary/aromatic N) is 1. The first-order valence-corrected chi connectivity index (χ1v) is 3.86. The molecular weight excluding hydrogens is 128 g/mol. The van der Waals surface area contributed by atoms with Crippen LogP contribution in [-0.4, -0.2) is 44.2 Å². The molecule has 10 heavy (non-hydrogen) atoms. The third kappa shape index (κ3) is 4.69. The van der Waals surface area contributed by atoms with E-state index in [9.17, 15) is 0 Å². The van der Waals surface area contributed by atoms with Crippen molar-refractivity contribution < 1.29 is 11.5 Å². The Hall–Kier alpha value is -0.160. The highest BCUT2D eigenvalue weighted by Gasteiger charge is 2.01. The fourth-order valence-electron chi connectivity index (χ4n) is 0.965. The summed E-state index contributed by atoms with van der Waals surface area (Å²) >= 11 is 0. The number of quaternary nitrogens is 2. The fraction of sp³-hybridized carbons (Fsp3) is 1.00. The summed E-state index contributed by atoms with van der Waals surface area (Å²) < 4.78 is 0. The maximum Gasteiger partial charge on any atom is 0.0869 e. The highest BCUT2D eigenvalue weighted by atomic mass is 15.1. The van der Waals surface area contributed by atoms with E-state index in [2.05, 4.69) is 16.4 Å². The average molecular weight is 148 g/mol. The normalized spacial score (nSPS) is 10.8. The van der Waals surface area contributed by atoms with Crippen molar-refractivity contribution in [3.63, 3.8) is 0 Å². The van der Waals surface area contributed by atoms with E-state index in [0.717, 1.165) is 39.3 Å². The van der Waals surface area contributed by atoms with Crippen LogP contribution in [0.3, 0.4) is 0 Å². The van der Waals surface area contributed by atoms with Gasteiger partial charge in [-0.2, -0.15) is 0 Å². The largest absolute Gasteiger partial charge is 0.357 e. The molecule has 0 amide bonds. The Kier molecular flexibility index (Phi) is 6.84. The molecule has 0 spiro atoms. The van der Waals surface area contributed by atoms with Crippen molar-refractivity contribution in [3.8, 4) is 0 Å². The van der Waals surface area contributed by atoms with Crippen molar-refractivity contribution in [2.24, 2.45) is 5.73 Å². The molecule has 0 aromatic carbocycles. The summed E-state index contributed by atoms with van der Waals surface area (Å²) in [7, 11) is 0. The van der Waals surface area contributed by atoms with Crippen LogP contribution in [0.2, 0.25) is 0 Å². The Balaban J connectivity index is 3.30. The minimum atomic E-state index is 0.736. The minimum Gasteiger partial charge on any atom is -0.357 e. The van der Waals surface area contributed by atoms with Crippen molar-refractivity contribution in [2.45, 2.75) is 0 Å². The molecule has 0 aliphatic heterocycles. The number of hydrogen-bond acceptors (Lipinski definition) is 2. The van der Waals surface area contributed by atoms with Crippen LogP contribution in [0.1, 0.15) is 0 Å². The smallest absolute Gasteiger partial charge is 0.0869 e. The van der Waals surface area contributed by atoms with E-state index in [1.165, 1.54) is 0 Å². The zero-order valence-corrected chi connectivity index (χ0v) is 6.68. The SMILES string of the molecule is NCCN(CC[NH3+])CC[NH3+]. The fourth-order valence-corrected chi connectivity index (χ4v) is 0.965. The van der Waals surface area contributed by atoms with Crippen molar-refractivity contribution in [2.75, 3.05) is 39.3 Å². The molecule has 8 N–H and O–H groups in total. The van der Waals surface area contributed by atoms with Gasteiger partial charge in [-0.15, -0.1) is 0 Å². The van der Waals surface area contributed by atoms with Crippen LogP contribution in [0.25, 0.3) is 0 Å². The summed E-state index contributed by atoms with van der Waals surface area (Å²) in [5.74, 6) is 0. The molecule has 4 nitrogen and oxygen atoms in total. The summed E-state index contributed by atoms with van der Waals surface area (Å²) in [6, 6.07) is 0. The van der Waals surface area contributed by atoms with Gasteiger partial charge in [0.15, 0.2) is 0 Å². The van der Waals surface area contributed by atoms with Crippen LogP contribution in [-0.2, 0) is 0 Å². The van der Waals surface area contributed by atoms with Gasteiger partial charge in [0.2, 0.25) is 0 Å². The van der Waals surface area contributed by atoms with Crippen LogP contribution in [0.4, 0.5) is 0 Å². The molecule has 0 heterocycles. The second kappa shape index (κ2) is 6.95. The summed E-state index contributed by atoms with van der Waals surface area (Å²) in [6.07, 6.45) is 0. The molecule has 0 aromatic rings. The van der Waals surface area contributed by atoms with E-state index < -0.39 is 0 Å². The molecule has 0 radical (unpaired) electrons. The molecule has 0 saturated heterocycles. The highest BCUT2D eigenvalue weighted by Crippen LogP contribution is 1.80. The topological polar surface area (TPSA) is 84.5 Å². The molecule has 0 aliphatic carbocycles. The lowest BCUT2D eigenvalue weighted by Crippen LogP contribution is -2.59. The molecule has 0 atom stereocenters. The molecule has 0 bridgehead atoms. The molecule has 0 rings (SSSR count). The van der Waals surface area contributed by atoms with E-state index in [-0.39, 0.29) is 0 Å². The van der Waals surface area contributed by atoms with Gasteiger partial charge < -0.3 is 17.2 Å². The Morgan fingerprint density at radius 1 is 1.00 bits per heavy atom. The lowest BCUT2D eigenvalue weighted by Gasteiger charge is -2.16. The second-order valence-electron chi connectivity index (χ2n) is 2.34. The van der Waals surface area contributed by atoms with E-state index >= 15 is 0 Å². The molecule has 0 aromatic heterocycles. The van der Waals surface area contributed by atoms with Crippen molar-refractivity contribution in [1.29, 1.82) is 0 Å². The number of hydrogen-bond donors (Lipinski definition) is 3. The maximum absolute atomic E-state index is 5.41. The van der Waals surface area contributed by atoms with Crippen LogP contribution < -0.4 is 17.2 Å². The van der Waals surface area contributed by atoms with Gasteiger partial charge >= 0.3 is 0 Å². The summed E-state index contributed by atoms with van der Waals surface area (Å²) in [4.78, 5) is 2.29. The zero-order chi connectivity index (χ0) is 7.82. The quantitative estimate of drug-likeness (QED) is 0.369. The van der Waals surface area contributed by atoms with Gasteiger partial charge in [0, 0.05) is 26.2 Å². The summed E-state index contributed by atoms with van der Waals surface area (Å²) in [5, 5.41) is 0. The van der Waals surface area contributed by atoms with Crippen LogP contribution in [0.5, 0.6) is 0 Å². The second-order valence-corrected chi connectivity index (χ2v) is 2.34. The van der Waals surface area contributed by atoms with Crippen LogP contribution in [0.15, 0.2) is 0 Å². The first-order valence-electron chi connectivity index (χ1n) is 3.86. The van der Waals surface area contributed by atoms with Crippen LogP contribution >= 0.6 is 0 Å². The van der Waals surface area contributed by atoms with E-state index in [1.807, 2.05) is 0 Å². The molecule has 0 fully saturated rings. The summed E-state index contributed by atoms with van der Waals surface area (Å²) in [6.45, 7) is 5.73. The van der Waals surface area contributed by atoms with Crippen molar-refractivity contribution in [3.05, 3.63) is 0 Å². The van der Waals surface area contributed by atoms with E-state index in [0.29, 0.717) is 0 Å². The predicted molar refractivity (Wildman–Crippen MR) is 41.0 cm³/mol. The molecule has 62 valence electrons. The minimum absolute atomic E-state index is 0.736. The maximum atomic E-state index is 5.41. The van der Waals surface area contributed by atoms with Gasteiger partial charge in [-0.05, 0) is 0 Å². The highest BCUT2D eigenvalue weighted by molar-refractivity contribution is 4.54. The average Bonchev–Trinajstić information content (AvgIpc) is 1.90. The van der Waals surface area contributed by atoms with Gasteiger partial charge in [0.25, 0.3) is 0 Å². The first-order chi connectivity index (χ1) is 4.85.